The predicted molar refractivity (Wildman–Crippen MR) is 110 cm³/mol. The average Bonchev–Trinajstić information content (AvgIpc) is 3.29. The second kappa shape index (κ2) is 7.10. The van der Waals surface area contributed by atoms with E-state index in [-0.39, 0.29) is 18.0 Å². The highest BCUT2D eigenvalue weighted by molar-refractivity contribution is 7.20. The zero-order chi connectivity index (χ0) is 19.1. The summed E-state index contributed by atoms with van der Waals surface area (Å²) < 4.78 is 0. The summed E-state index contributed by atoms with van der Waals surface area (Å²) in [6.45, 7) is 4.06. The van der Waals surface area contributed by atoms with Crippen molar-refractivity contribution in [2.24, 2.45) is 0 Å². The lowest BCUT2D eigenvalue weighted by Gasteiger charge is -2.23. The van der Waals surface area contributed by atoms with Crippen molar-refractivity contribution in [3.8, 4) is 0 Å². The molecule has 2 aromatic heterocycles. The molecule has 28 heavy (non-hydrogen) atoms. The number of thiazole rings is 1. The molecule has 2 N–H and O–H groups in total. The minimum atomic E-state index is -0.115. The highest BCUT2D eigenvalue weighted by atomic mass is 32.1. The minimum Gasteiger partial charge on any atom is -0.347 e. The van der Waals surface area contributed by atoms with Crippen molar-refractivity contribution in [3.05, 3.63) is 41.2 Å². The van der Waals surface area contributed by atoms with Crippen LogP contribution in [0.15, 0.2) is 30.6 Å². The zero-order valence-electron chi connectivity index (χ0n) is 15.7. The van der Waals surface area contributed by atoms with Crippen LogP contribution >= 0.6 is 11.3 Å². The fourth-order valence-electron chi connectivity index (χ4n) is 4.12. The molecule has 7 nitrogen and oxygen atoms in total. The fraction of sp³-hybridized carbons (Fsp3) is 0.400. The van der Waals surface area contributed by atoms with Crippen LogP contribution in [0.5, 0.6) is 0 Å². The Bertz CT molecular complexity index is 1030. The zero-order valence-corrected chi connectivity index (χ0v) is 16.5. The summed E-state index contributed by atoms with van der Waals surface area (Å²) in [5, 5.41) is 6.88. The predicted octanol–water partition coefficient (Wildman–Crippen LogP) is 2.65. The number of nitrogens with zero attached hydrogens (tertiary/aromatic N) is 4. The van der Waals surface area contributed by atoms with Crippen LogP contribution in [0, 0.1) is 0 Å². The lowest BCUT2D eigenvalue weighted by Crippen LogP contribution is -2.42. The molecular weight excluding hydrogens is 372 g/mol. The van der Waals surface area contributed by atoms with Crippen molar-refractivity contribution in [3.63, 3.8) is 0 Å². The van der Waals surface area contributed by atoms with Crippen LogP contribution in [-0.2, 0) is 6.42 Å². The normalized spacial score (nSPS) is 19.8. The van der Waals surface area contributed by atoms with Gasteiger partial charge in [0.15, 0.2) is 10.8 Å². The Morgan fingerprint density at radius 3 is 2.93 bits per heavy atom. The van der Waals surface area contributed by atoms with Crippen molar-refractivity contribution < 1.29 is 4.79 Å². The molecule has 2 aliphatic heterocycles. The standard InChI is InChI=1S/C20H22N6OS/c1-12-10-13-4-2-3-5-15(13)26(12)17-16-19(23-11-22-17)28-20(25-16)18(27)24-14-6-8-21-9-7-14/h2-5,11-12,14,21H,6-10H2,1H3,(H,24,27)/t12-/m1/s1. The number of amides is 1. The number of aromatic nitrogens is 3. The van der Waals surface area contributed by atoms with E-state index in [1.165, 1.54) is 16.9 Å². The summed E-state index contributed by atoms with van der Waals surface area (Å²) in [5.74, 6) is 0.662. The number of para-hydroxylation sites is 1. The Kier molecular flexibility index (Phi) is 4.44. The van der Waals surface area contributed by atoms with Gasteiger partial charge in [0.1, 0.15) is 16.7 Å². The number of carbonyl (C=O) groups excluding carboxylic acids is 1. The van der Waals surface area contributed by atoms with Gasteiger partial charge in [-0.15, -0.1) is 0 Å². The van der Waals surface area contributed by atoms with Gasteiger partial charge in [0.25, 0.3) is 5.91 Å². The molecule has 0 radical (unpaired) electrons. The molecule has 1 aromatic carbocycles. The molecule has 0 unspecified atom stereocenters. The molecule has 1 fully saturated rings. The summed E-state index contributed by atoms with van der Waals surface area (Å²) >= 11 is 1.33. The molecule has 0 bridgehead atoms. The largest absolute Gasteiger partial charge is 0.347 e. The average molecular weight is 395 g/mol. The van der Waals surface area contributed by atoms with Gasteiger partial charge in [0.05, 0.1) is 0 Å². The minimum absolute atomic E-state index is 0.115. The van der Waals surface area contributed by atoms with Crippen LogP contribution in [0.1, 0.15) is 35.1 Å². The van der Waals surface area contributed by atoms with Crippen LogP contribution in [0.3, 0.4) is 0 Å². The molecule has 144 valence electrons. The Labute approximate surface area is 167 Å². The molecule has 5 rings (SSSR count). The van der Waals surface area contributed by atoms with Gasteiger partial charge in [-0.3, -0.25) is 4.79 Å². The maximum atomic E-state index is 12.7. The van der Waals surface area contributed by atoms with Crippen LogP contribution < -0.4 is 15.5 Å². The van der Waals surface area contributed by atoms with Gasteiger partial charge in [-0.25, -0.2) is 15.0 Å². The topological polar surface area (TPSA) is 83.0 Å². The van der Waals surface area contributed by atoms with Crippen molar-refractivity contribution in [2.45, 2.75) is 38.3 Å². The summed E-state index contributed by atoms with van der Waals surface area (Å²) in [4.78, 5) is 29.3. The third-order valence-corrected chi connectivity index (χ3v) is 6.44. The Hall–Kier alpha value is -2.58. The fourth-order valence-corrected chi connectivity index (χ4v) is 4.92. The Morgan fingerprint density at radius 1 is 1.25 bits per heavy atom. The van der Waals surface area contributed by atoms with Crippen LogP contribution in [0.4, 0.5) is 11.5 Å². The van der Waals surface area contributed by atoms with E-state index >= 15 is 0 Å². The number of hydrogen-bond donors (Lipinski definition) is 2. The molecule has 3 aromatic rings. The van der Waals surface area contributed by atoms with Crippen molar-refractivity contribution >= 4 is 39.1 Å². The maximum absolute atomic E-state index is 12.7. The van der Waals surface area contributed by atoms with Crippen LogP contribution in [0.25, 0.3) is 10.3 Å². The van der Waals surface area contributed by atoms with Gasteiger partial charge >= 0.3 is 0 Å². The van der Waals surface area contributed by atoms with E-state index < -0.39 is 0 Å². The number of hydrogen-bond acceptors (Lipinski definition) is 7. The molecule has 0 spiro atoms. The van der Waals surface area contributed by atoms with E-state index in [0.717, 1.165) is 48.7 Å². The first-order valence-electron chi connectivity index (χ1n) is 9.71. The second-order valence-electron chi connectivity index (χ2n) is 7.42. The van der Waals surface area contributed by atoms with Gasteiger partial charge in [0, 0.05) is 17.8 Å². The first-order valence-corrected chi connectivity index (χ1v) is 10.5. The van der Waals surface area contributed by atoms with Gasteiger partial charge < -0.3 is 15.5 Å². The maximum Gasteiger partial charge on any atom is 0.280 e. The van der Waals surface area contributed by atoms with E-state index in [9.17, 15) is 4.79 Å². The molecular formula is C20H22N6OS. The highest BCUT2D eigenvalue weighted by Crippen LogP contribution is 2.40. The van der Waals surface area contributed by atoms with E-state index in [1.807, 2.05) is 6.07 Å². The second-order valence-corrected chi connectivity index (χ2v) is 8.40. The lowest BCUT2D eigenvalue weighted by atomic mass is 10.1. The van der Waals surface area contributed by atoms with Gasteiger partial charge in [-0.05, 0) is 50.9 Å². The third kappa shape index (κ3) is 3.02. The van der Waals surface area contributed by atoms with E-state index in [4.69, 9.17) is 0 Å². The molecule has 8 heteroatoms. The Balaban J connectivity index is 1.49. The number of piperidine rings is 1. The summed E-state index contributed by atoms with van der Waals surface area (Å²) in [5.41, 5.74) is 3.16. The van der Waals surface area contributed by atoms with Crippen molar-refractivity contribution in [1.29, 1.82) is 0 Å². The number of anilines is 2. The van der Waals surface area contributed by atoms with Crippen molar-refractivity contribution in [1.82, 2.24) is 25.6 Å². The Morgan fingerprint density at radius 2 is 2.07 bits per heavy atom. The van der Waals surface area contributed by atoms with E-state index in [1.54, 1.807) is 6.33 Å². The molecule has 1 atom stereocenters. The van der Waals surface area contributed by atoms with Gasteiger partial charge in [0.2, 0.25) is 0 Å². The van der Waals surface area contributed by atoms with Crippen molar-refractivity contribution in [2.75, 3.05) is 18.0 Å². The molecule has 4 heterocycles. The number of nitrogens with one attached hydrogen (secondary N) is 2. The molecule has 0 aliphatic carbocycles. The molecule has 2 aliphatic rings. The van der Waals surface area contributed by atoms with E-state index in [0.29, 0.717) is 10.5 Å². The third-order valence-electron chi connectivity index (χ3n) is 5.48. The smallest absolute Gasteiger partial charge is 0.280 e. The van der Waals surface area contributed by atoms with E-state index in [2.05, 4.69) is 55.6 Å². The number of benzene rings is 1. The first-order chi connectivity index (χ1) is 13.7. The van der Waals surface area contributed by atoms with Gasteiger partial charge in [-0.2, -0.15) is 0 Å². The molecule has 0 saturated carbocycles. The first kappa shape index (κ1) is 17.5. The van der Waals surface area contributed by atoms with Crippen LogP contribution in [0.2, 0.25) is 0 Å². The summed E-state index contributed by atoms with van der Waals surface area (Å²) in [7, 11) is 0. The SMILES string of the molecule is C[C@@H]1Cc2ccccc2N1c1ncnc2sc(C(=O)NC3CCNCC3)nc12. The van der Waals surface area contributed by atoms with Gasteiger partial charge in [-0.1, -0.05) is 29.5 Å². The number of rotatable bonds is 3. The van der Waals surface area contributed by atoms with Crippen LogP contribution in [-0.4, -0.2) is 46.0 Å². The quantitative estimate of drug-likeness (QED) is 0.711. The monoisotopic (exact) mass is 394 g/mol. The molecule has 1 amide bonds. The lowest BCUT2D eigenvalue weighted by molar-refractivity contribution is 0.0929. The summed E-state index contributed by atoms with van der Waals surface area (Å²) in [6.07, 6.45) is 4.43. The highest BCUT2D eigenvalue weighted by Gasteiger charge is 2.30. The number of carbonyl (C=O) groups is 1. The summed E-state index contributed by atoms with van der Waals surface area (Å²) in [6, 6.07) is 8.87. The molecule has 1 saturated heterocycles. The number of fused-ring (bicyclic) bond motifs is 2.